The summed E-state index contributed by atoms with van der Waals surface area (Å²) >= 11 is 0. The molecule has 2 aliphatic rings. The van der Waals surface area contributed by atoms with Crippen molar-refractivity contribution < 1.29 is 22.7 Å². The van der Waals surface area contributed by atoms with Gasteiger partial charge in [0.05, 0.1) is 12.6 Å². The molecule has 1 saturated heterocycles. The number of amides is 2. The second-order valence-electron chi connectivity index (χ2n) is 8.61. The van der Waals surface area contributed by atoms with Crippen molar-refractivity contribution in [2.75, 3.05) is 13.2 Å². The second-order valence-corrected chi connectivity index (χ2v) is 10.4. The number of aryl methyl sites for hydroxylation is 2. The van der Waals surface area contributed by atoms with Crippen molar-refractivity contribution >= 4 is 26.7 Å². The van der Waals surface area contributed by atoms with E-state index in [4.69, 9.17) is 4.74 Å². The molecule has 33 heavy (non-hydrogen) atoms. The van der Waals surface area contributed by atoms with E-state index in [1.165, 1.54) is 0 Å². The molecule has 0 saturated carbocycles. The molecule has 0 spiro atoms. The standard InChI is InChI=1S/C25H28N2O5S/c1-16-6-9-21(13-17(16)2)23-18(3)25(29)27(33(23,30)31)15-19-7-10-20(11-8-19)24(28)26-14-22-5-4-12-32-22/h6-11,13,22H,4-5,12,14-15H2,1-3H3,(H,26,28). The van der Waals surface area contributed by atoms with Crippen molar-refractivity contribution in [2.24, 2.45) is 0 Å². The number of hydrogen-bond acceptors (Lipinski definition) is 5. The van der Waals surface area contributed by atoms with E-state index >= 15 is 0 Å². The average molecular weight is 469 g/mol. The number of sulfonamides is 1. The Bertz CT molecular complexity index is 1230. The number of nitrogens with one attached hydrogen (secondary N) is 1. The summed E-state index contributed by atoms with van der Waals surface area (Å²) in [6, 6.07) is 12.0. The highest BCUT2D eigenvalue weighted by Crippen LogP contribution is 2.37. The Morgan fingerprint density at radius 3 is 2.45 bits per heavy atom. The second kappa shape index (κ2) is 9.11. The lowest BCUT2D eigenvalue weighted by Crippen LogP contribution is -2.32. The lowest BCUT2D eigenvalue weighted by Gasteiger charge is -2.17. The minimum absolute atomic E-state index is 0.0562. The van der Waals surface area contributed by atoms with Crippen molar-refractivity contribution in [3.05, 3.63) is 75.9 Å². The molecule has 1 unspecified atom stereocenters. The summed E-state index contributed by atoms with van der Waals surface area (Å²) in [7, 11) is -3.98. The third-order valence-corrected chi connectivity index (χ3v) is 8.19. The van der Waals surface area contributed by atoms with Crippen molar-refractivity contribution in [3.8, 4) is 0 Å². The summed E-state index contributed by atoms with van der Waals surface area (Å²) in [5.41, 5.74) is 3.83. The quantitative estimate of drug-likeness (QED) is 0.702. The van der Waals surface area contributed by atoms with Gasteiger partial charge in [0, 0.05) is 24.3 Å². The SMILES string of the molecule is CC1=C(c2ccc(C)c(C)c2)S(=O)(=O)N(Cc2ccc(C(=O)NCC3CCCO3)cc2)C1=O. The van der Waals surface area contributed by atoms with Gasteiger partial charge in [0.1, 0.15) is 4.91 Å². The number of carbonyl (C=O) groups excluding carboxylic acids is 2. The lowest BCUT2D eigenvalue weighted by atomic mass is 10.0. The molecule has 2 heterocycles. The first kappa shape index (κ1) is 23.2. The molecule has 7 nitrogen and oxygen atoms in total. The smallest absolute Gasteiger partial charge is 0.268 e. The molecular formula is C25H28N2O5S. The normalized spacial score (nSPS) is 19.9. The minimum Gasteiger partial charge on any atom is -0.376 e. The first-order valence-corrected chi connectivity index (χ1v) is 12.5. The lowest BCUT2D eigenvalue weighted by molar-refractivity contribution is -0.122. The van der Waals surface area contributed by atoms with Gasteiger partial charge in [-0.3, -0.25) is 9.59 Å². The topological polar surface area (TPSA) is 92.8 Å². The van der Waals surface area contributed by atoms with E-state index < -0.39 is 15.9 Å². The molecule has 8 heteroatoms. The van der Waals surface area contributed by atoms with Crippen LogP contribution in [0.3, 0.4) is 0 Å². The van der Waals surface area contributed by atoms with Crippen LogP contribution in [0, 0.1) is 13.8 Å². The molecule has 0 radical (unpaired) electrons. The Hall–Kier alpha value is -2.97. The maximum Gasteiger partial charge on any atom is 0.268 e. The van der Waals surface area contributed by atoms with Gasteiger partial charge in [0.25, 0.3) is 21.8 Å². The van der Waals surface area contributed by atoms with Crippen LogP contribution >= 0.6 is 0 Å². The maximum atomic E-state index is 13.3. The molecule has 0 bridgehead atoms. The van der Waals surface area contributed by atoms with E-state index in [0.29, 0.717) is 23.2 Å². The fourth-order valence-corrected chi connectivity index (χ4v) is 5.94. The van der Waals surface area contributed by atoms with Crippen LogP contribution in [0.25, 0.3) is 4.91 Å². The van der Waals surface area contributed by atoms with Gasteiger partial charge in [0.15, 0.2) is 0 Å². The number of hydrogen-bond donors (Lipinski definition) is 1. The molecule has 0 aromatic heterocycles. The fourth-order valence-electron chi connectivity index (χ4n) is 4.14. The highest BCUT2D eigenvalue weighted by atomic mass is 32.2. The third-order valence-electron chi connectivity index (χ3n) is 6.26. The Balaban J connectivity index is 1.48. The third kappa shape index (κ3) is 4.58. The van der Waals surface area contributed by atoms with E-state index in [-0.39, 0.29) is 29.0 Å². The van der Waals surface area contributed by atoms with Crippen molar-refractivity contribution in [2.45, 2.75) is 46.3 Å². The highest BCUT2D eigenvalue weighted by molar-refractivity contribution is 7.99. The number of nitrogens with zero attached hydrogens (tertiary/aromatic N) is 1. The predicted molar refractivity (Wildman–Crippen MR) is 126 cm³/mol. The zero-order valence-electron chi connectivity index (χ0n) is 19.1. The molecule has 2 aliphatic heterocycles. The van der Waals surface area contributed by atoms with Gasteiger partial charge in [-0.05, 0) is 68.0 Å². The molecule has 2 amide bonds. The van der Waals surface area contributed by atoms with Crippen LogP contribution in [0.5, 0.6) is 0 Å². The maximum absolute atomic E-state index is 13.3. The van der Waals surface area contributed by atoms with Crippen molar-refractivity contribution in [1.29, 1.82) is 0 Å². The number of rotatable bonds is 6. The van der Waals surface area contributed by atoms with Crippen molar-refractivity contribution in [3.63, 3.8) is 0 Å². The van der Waals surface area contributed by atoms with Gasteiger partial charge in [-0.15, -0.1) is 0 Å². The van der Waals surface area contributed by atoms with Gasteiger partial charge in [-0.1, -0.05) is 30.3 Å². The summed E-state index contributed by atoms with van der Waals surface area (Å²) in [5.74, 6) is -0.738. The Labute approximate surface area is 194 Å². The first-order valence-electron chi connectivity index (χ1n) is 11.0. The summed E-state index contributed by atoms with van der Waals surface area (Å²) in [6.45, 7) is 6.51. The van der Waals surface area contributed by atoms with E-state index in [1.807, 2.05) is 19.9 Å². The van der Waals surface area contributed by atoms with Gasteiger partial charge < -0.3 is 10.1 Å². The summed E-state index contributed by atoms with van der Waals surface area (Å²) in [6.07, 6.45) is 2.00. The molecule has 174 valence electrons. The largest absolute Gasteiger partial charge is 0.376 e. The van der Waals surface area contributed by atoms with Crippen LogP contribution in [-0.2, 0) is 26.1 Å². The molecule has 1 fully saturated rings. The zero-order chi connectivity index (χ0) is 23.8. The average Bonchev–Trinajstić information content (AvgIpc) is 3.36. The molecule has 0 aliphatic carbocycles. The zero-order valence-corrected chi connectivity index (χ0v) is 19.9. The van der Waals surface area contributed by atoms with Gasteiger partial charge in [0.2, 0.25) is 0 Å². The van der Waals surface area contributed by atoms with Crippen LogP contribution in [0.2, 0.25) is 0 Å². The predicted octanol–water partition coefficient (Wildman–Crippen LogP) is 3.32. The number of benzene rings is 2. The van der Waals surface area contributed by atoms with Gasteiger partial charge >= 0.3 is 0 Å². The number of ether oxygens (including phenoxy) is 1. The van der Waals surface area contributed by atoms with Crippen LogP contribution in [0.1, 0.15) is 52.4 Å². The van der Waals surface area contributed by atoms with Crippen molar-refractivity contribution in [1.82, 2.24) is 9.62 Å². The monoisotopic (exact) mass is 468 g/mol. The van der Waals surface area contributed by atoms with Crippen LogP contribution < -0.4 is 5.32 Å². The Morgan fingerprint density at radius 1 is 1.09 bits per heavy atom. The fraction of sp³-hybridized carbons (Fsp3) is 0.360. The summed E-state index contributed by atoms with van der Waals surface area (Å²) in [5, 5.41) is 2.86. The minimum atomic E-state index is -3.98. The highest BCUT2D eigenvalue weighted by Gasteiger charge is 2.42. The van der Waals surface area contributed by atoms with E-state index in [2.05, 4.69) is 5.32 Å². The van der Waals surface area contributed by atoms with Crippen LogP contribution in [-0.4, -0.2) is 43.8 Å². The van der Waals surface area contributed by atoms with Gasteiger partial charge in [-0.25, -0.2) is 12.7 Å². The molecule has 4 rings (SSSR count). The van der Waals surface area contributed by atoms with Gasteiger partial charge in [-0.2, -0.15) is 0 Å². The van der Waals surface area contributed by atoms with E-state index in [9.17, 15) is 18.0 Å². The number of carbonyl (C=O) groups is 2. The first-order chi connectivity index (χ1) is 15.7. The van der Waals surface area contributed by atoms with E-state index in [0.717, 1.165) is 34.9 Å². The summed E-state index contributed by atoms with van der Waals surface area (Å²) < 4.78 is 33.0. The molecule has 1 N–H and O–H groups in total. The van der Waals surface area contributed by atoms with E-state index in [1.54, 1.807) is 43.3 Å². The molecule has 2 aromatic rings. The molecule has 1 atom stereocenters. The summed E-state index contributed by atoms with van der Waals surface area (Å²) in [4.78, 5) is 25.3. The molecular weight excluding hydrogens is 440 g/mol. The van der Waals surface area contributed by atoms with Crippen LogP contribution in [0.15, 0.2) is 48.0 Å². The molecule has 2 aromatic carbocycles. The Kier molecular flexibility index (Phi) is 6.41. The van der Waals surface area contributed by atoms with Crippen LogP contribution in [0.4, 0.5) is 0 Å². The Morgan fingerprint density at radius 2 is 1.82 bits per heavy atom.